The smallest absolute Gasteiger partial charge is 0.154 e. The Morgan fingerprint density at radius 2 is 1.35 bits per heavy atom. The van der Waals surface area contributed by atoms with Crippen LogP contribution in [0.1, 0.15) is 10.4 Å². The molecule has 0 saturated carbocycles. The number of rotatable bonds is 3. The summed E-state index contributed by atoms with van der Waals surface area (Å²) in [6, 6.07) is 17.6. The molecule has 2 nitrogen and oxygen atoms in total. The number of nitrogens with zero attached hydrogens (tertiary/aromatic N) is 1. The molecule has 2 rings (SSSR count). The summed E-state index contributed by atoms with van der Waals surface area (Å²) >= 11 is 0. The maximum absolute atomic E-state index is 11.3. The number of hydrogen-bond donors (Lipinski definition) is 0. The van der Waals surface area contributed by atoms with Crippen molar-refractivity contribution in [2.75, 3.05) is 21.1 Å². The van der Waals surface area contributed by atoms with Gasteiger partial charge in [-0.25, -0.2) is 0 Å². The molecule has 20 heavy (non-hydrogen) atoms. The maximum Gasteiger partial charge on any atom is 0.154 e. The first-order chi connectivity index (χ1) is 9.54. The Morgan fingerprint density at radius 3 is 1.80 bits per heavy atom. The Morgan fingerprint density at radius 1 is 0.900 bits per heavy atom. The van der Waals surface area contributed by atoms with Gasteiger partial charge < -0.3 is 4.90 Å². The lowest BCUT2D eigenvalue weighted by molar-refractivity contribution is 0.101. The van der Waals surface area contributed by atoms with E-state index in [0.717, 1.165) is 11.1 Å². The van der Waals surface area contributed by atoms with Gasteiger partial charge >= 0.3 is 0 Å². The van der Waals surface area contributed by atoms with Crippen molar-refractivity contribution in [3.05, 3.63) is 60.2 Å². The lowest BCUT2D eigenvalue weighted by Gasteiger charge is -2.02. The predicted molar refractivity (Wildman–Crippen MR) is 86.4 cm³/mol. The van der Waals surface area contributed by atoms with Gasteiger partial charge in [-0.1, -0.05) is 54.6 Å². The summed E-state index contributed by atoms with van der Waals surface area (Å²) in [6.45, 7) is 0. The molecule has 2 radical (unpaired) electrons. The quantitative estimate of drug-likeness (QED) is 0.627. The zero-order valence-electron chi connectivity index (χ0n) is 12.3. The molecule has 2 aromatic carbocycles. The minimum atomic E-state index is -0.0281. The van der Waals surface area contributed by atoms with E-state index in [1.165, 1.54) is 0 Å². The average Bonchev–Trinajstić information content (AvgIpc) is 2.47. The van der Waals surface area contributed by atoms with Crippen LogP contribution < -0.4 is 0 Å². The van der Waals surface area contributed by atoms with E-state index in [-0.39, 0.29) is 12.1 Å². The van der Waals surface area contributed by atoms with Gasteiger partial charge in [0.25, 0.3) is 0 Å². The van der Waals surface area contributed by atoms with E-state index in [0.29, 0.717) is 5.56 Å². The molecule has 2 aromatic rings. The van der Waals surface area contributed by atoms with Crippen LogP contribution in [0.3, 0.4) is 0 Å². The van der Waals surface area contributed by atoms with E-state index in [2.05, 4.69) is 0 Å². The second-order valence-electron chi connectivity index (χ2n) is 4.91. The molecule has 102 valence electrons. The molecule has 0 amide bonds. The average molecular weight is 265 g/mol. The van der Waals surface area contributed by atoms with E-state index in [1.807, 2.05) is 80.6 Å². The van der Waals surface area contributed by atoms with Gasteiger partial charge in [0.05, 0.1) is 7.85 Å². The third-order valence-corrected chi connectivity index (χ3v) is 2.50. The highest BCUT2D eigenvalue weighted by atomic mass is 16.1. The molecule has 0 aromatic heterocycles. The minimum absolute atomic E-state index is 0.0281. The summed E-state index contributed by atoms with van der Waals surface area (Å²) in [5, 5.41) is 0. The SMILES string of the molecule is CN(C)C.[B]CC(=O)c1ccc(-c2ccccc2)cc1. The van der Waals surface area contributed by atoms with E-state index in [9.17, 15) is 4.79 Å². The monoisotopic (exact) mass is 265 g/mol. The summed E-state index contributed by atoms with van der Waals surface area (Å²) in [5.74, 6) is -0.0281. The number of benzene rings is 2. The number of hydrogen-bond acceptors (Lipinski definition) is 2. The molecule has 3 heteroatoms. The lowest BCUT2D eigenvalue weighted by Crippen LogP contribution is -1.99. The molecule has 0 atom stereocenters. The van der Waals surface area contributed by atoms with Crippen molar-refractivity contribution in [3.8, 4) is 11.1 Å². The first-order valence-corrected chi connectivity index (χ1v) is 6.54. The summed E-state index contributed by atoms with van der Waals surface area (Å²) < 4.78 is 0. The third-order valence-electron chi connectivity index (χ3n) is 2.50. The van der Waals surface area contributed by atoms with Crippen molar-refractivity contribution < 1.29 is 4.79 Å². The Balaban J connectivity index is 0.000000444. The molecule has 0 spiro atoms. The second-order valence-corrected chi connectivity index (χ2v) is 4.91. The molecule has 0 aliphatic heterocycles. The van der Waals surface area contributed by atoms with E-state index in [1.54, 1.807) is 0 Å². The Hall–Kier alpha value is -1.87. The Kier molecular flexibility index (Phi) is 6.75. The fourth-order valence-electron chi connectivity index (χ4n) is 1.60. The first kappa shape index (κ1) is 16.2. The van der Waals surface area contributed by atoms with Crippen molar-refractivity contribution in [3.63, 3.8) is 0 Å². The van der Waals surface area contributed by atoms with Gasteiger partial charge in [-0.2, -0.15) is 0 Å². The largest absolute Gasteiger partial charge is 0.312 e. The van der Waals surface area contributed by atoms with Crippen LogP contribution in [0.2, 0.25) is 6.32 Å². The van der Waals surface area contributed by atoms with Crippen molar-refractivity contribution in [1.82, 2.24) is 4.90 Å². The number of ketones is 1. The van der Waals surface area contributed by atoms with E-state index < -0.39 is 0 Å². The molecule has 0 fully saturated rings. The van der Waals surface area contributed by atoms with E-state index in [4.69, 9.17) is 7.85 Å². The van der Waals surface area contributed by atoms with Gasteiger partial charge in [-0.3, -0.25) is 4.79 Å². The van der Waals surface area contributed by atoms with Gasteiger partial charge in [0.1, 0.15) is 0 Å². The molecule has 0 saturated heterocycles. The van der Waals surface area contributed by atoms with Gasteiger partial charge in [0, 0.05) is 5.56 Å². The first-order valence-electron chi connectivity index (χ1n) is 6.54. The normalized spacial score (nSPS) is 9.80. The molecule has 0 aliphatic rings. The molecular formula is C17H20BNO. The summed E-state index contributed by atoms with van der Waals surface area (Å²) in [4.78, 5) is 13.3. The van der Waals surface area contributed by atoms with Gasteiger partial charge in [0.2, 0.25) is 0 Å². The van der Waals surface area contributed by atoms with E-state index >= 15 is 0 Å². The molecular weight excluding hydrogens is 245 g/mol. The van der Waals surface area contributed by atoms with Gasteiger partial charge in [-0.15, -0.1) is 0 Å². The molecule has 0 aliphatic carbocycles. The fraction of sp³-hybridized carbons (Fsp3) is 0.235. The van der Waals surface area contributed by atoms with Crippen LogP contribution in [-0.2, 0) is 0 Å². The number of carbonyl (C=O) groups is 1. The van der Waals surface area contributed by atoms with Crippen molar-refractivity contribution >= 4 is 13.6 Å². The maximum atomic E-state index is 11.3. The standard InChI is InChI=1S/C14H11BO.C3H9N/c15-10-14(16)13-8-6-12(7-9-13)11-4-2-1-3-5-11;1-4(2)3/h1-9H,10H2;1-3H3. The Labute approximate surface area is 122 Å². The summed E-state index contributed by atoms with van der Waals surface area (Å²) in [7, 11) is 11.3. The second kappa shape index (κ2) is 8.33. The fourth-order valence-corrected chi connectivity index (χ4v) is 1.60. The third kappa shape index (κ3) is 5.41. The zero-order chi connectivity index (χ0) is 15.0. The molecule has 0 N–H and O–H groups in total. The van der Waals surface area contributed by atoms with Crippen LogP contribution in [0, 0.1) is 0 Å². The zero-order valence-corrected chi connectivity index (χ0v) is 12.3. The number of Topliss-reactive ketones (excluding diaryl/α,β-unsaturated/α-hetero) is 1. The highest BCUT2D eigenvalue weighted by Gasteiger charge is 2.02. The minimum Gasteiger partial charge on any atom is -0.312 e. The van der Waals surface area contributed by atoms with Crippen molar-refractivity contribution in [1.29, 1.82) is 0 Å². The van der Waals surface area contributed by atoms with Gasteiger partial charge in [0.15, 0.2) is 5.78 Å². The Bertz CT molecular complexity index is 518. The van der Waals surface area contributed by atoms with Crippen LogP contribution in [0.25, 0.3) is 11.1 Å². The number of carbonyl (C=O) groups excluding carboxylic acids is 1. The van der Waals surface area contributed by atoms with Crippen LogP contribution in [-0.4, -0.2) is 39.7 Å². The lowest BCUT2D eigenvalue weighted by atomic mass is 9.94. The highest BCUT2D eigenvalue weighted by molar-refractivity contribution is 6.24. The van der Waals surface area contributed by atoms with Crippen LogP contribution in [0.15, 0.2) is 54.6 Å². The molecule has 0 heterocycles. The molecule has 0 unspecified atom stereocenters. The van der Waals surface area contributed by atoms with Crippen LogP contribution in [0.5, 0.6) is 0 Å². The van der Waals surface area contributed by atoms with Crippen LogP contribution in [0.4, 0.5) is 0 Å². The summed E-state index contributed by atoms with van der Waals surface area (Å²) in [5.41, 5.74) is 2.92. The summed E-state index contributed by atoms with van der Waals surface area (Å²) in [6.07, 6.45) is 0.0602. The molecule has 0 bridgehead atoms. The highest BCUT2D eigenvalue weighted by Crippen LogP contribution is 2.19. The van der Waals surface area contributed by atoms with Gasteiger partial charge in [-0.05, 0) is 38.6 Å². The van der Waals surface area contributed by atoms with Crippen LogP contribution >= 0.6 is 0 Å². The van der Waals surface area contributed by atoms with Crippen molar-refractivity contribution in [2.45, 2.75) is 6.32 Å². The van der Waals surface area contributed by atoms with Crippen molar-refractivity contribution in [2.24, 2.45) is 0 Å². The predicted octanol–water partition coefficient (Wildman–Crippen LogP) is 3.30. The topological polar surface area (TPSA) is 20.3 Å².